The SMILES string of the molecule is O=C1CNCCN1c1ncnc2[nH]c(-c3ccc(OCc4ccccc4)cc3)cc12. The van der Waals surface area contributed by atoms with E-state index in [1.807, 2.05) is 60.7 Å². The molecule has 7 nitrogen and oxygen atoms in total. The molecular formula is C23H21N5O2. The summed E-state index contributed by atoms with van der Waals surface area (Å²) in [5.74, 6) is 1.48. The Labute approximate surface area is 173 Å². The Morgan fingerprint density at radius 3 is 2.67 bits per heavy atom. The van der Waals surface area contributed by atoms with Crippen LogP contribution in [0.3, 0.4) is 0 Å². The van der Waals surface area contributed by atoms with Crippen molar-refractivity contribution < 1.29 is 9.53 Å². The normalized spacial score (nSPS) is 14.3. The van der Waals surface area contributed by atoms with Crippen LogP contribution in [0.25, 0.3) is 22.3 Å². The summed E-state index contributed by atoms with van der Waals surface area (Å²) < 4.78 is 5.87. The highest BCUT2D eigenvalue weighted by molar-refractivity contribution is 6.02. The van der Waals surface area contributed by atoms with Crippen LogP contribution in [0.2, 0.25) is 0 Å². The molecular weight excluding hydrogens is 378 g/mol. The summed E-state index contributed by atoms with van der Waals surface area (Å²) in [7, 11) is 0. The van der Waals surface area contributed by atoms with Gasteiger partial charge in [0.1, 0.15) is 30.1 Å². The first-order chi connectivity index (χ1) is 14.8. The van der Waals surface area contributed by atoms with Crippen LogP contribution in [0, 0.1) is 0 Å². The Morgan fingerprint density at radius 2 is 1.87 bits per heavy atom. The summed E-state index contributed by atoms with van der Waals surface area (Å²) in [5.41, 5.74) is 3.78. The number of ether oxygens (including phenoxy) is 1. The average molecular weight is 399 g/mol. The Kier molecular flexibility index (Phi) is 4.86. The van der Waals surface area contributed by atoms with Crippen LogP contribution in [-0.2, 0) is 11.4 Å². The van der Waals surface area contributed by atoms with Crippen molar-refractivity contribution in [3.63, 3.8) is 0 Å². The van der Waals surface area contributed by atoms with Crippen molar-refractivity contribution in [2.75, 3.05) is 24.5 Å². The van der Waals surface area contributed by atoms with Crippen molar-refractivity contribution >= 4 is 22.8 Å². The number of piperazine rings is 1. The molecule has 30 heavy (non-hydrogen) atoms. The third-order valence-corrected chi connectivity index (χ3v) is 5.16. The number of hydrogen-bond acceptors (Lipinski definition) is 5. The molecule has 150 valence electrons. The number of carbonyl (C=O) groups excluding carboxylic acids is 1. The standard InChI is InChI=1S/C23H21N5O2/c29-21-13-24-10-11-28(21)23-19-12-20(27-22(19)25-15-26-23)17-6-8-18(9-7-17)30-14-16-4-2-1-3-5-16/h1-9,12,15,24H,10-11,13-14H2,(H,25,26,27). The molecule has 0 saturated carbocycles. The fourth-order valence-electron chi connectivity index (χ4n) is 3.60. The van der Waals surface area contributed by atoms with Gasteiger partial charge in [-0.3, -0.25) is 9.69 Å². The number of anilines is 1. The number of nitrogens with zero attached hydrogens (tertiary/aromatic N) is 3. The summed E-state index contributed by atoms with van der Waals surface area (Å²) in [5, 5.41) is 3.93. The highest BCUT2D eigenvalue weighted by atomic mass is 16.5. The number of nitrogens with one attached hydrogen (secondary N) is 2. The number of fused-ring (bicyclic) bond motifs is 1. The molecule has 0 radical (unpaired) electrons. The molecule has 7 heteroatoms. The van der Waals surface area contributed by atoms with Crippen LogP contribution in [0.4, 0.5) is 5.82 Å². The summed E-state index contributed by atoms with van der Waals surface area (Å²) in [4.78, 5) is 26.1. The van der Waals surface area contributed by atoms with Gasteiger partial charge in [0.2, 0.25) is 5.91 Å². The van der Waals surface area contributed by atoms with E-state index in [1.165, 1.54) is 6.33 Å². The second-order valence-electron chi connectivity index (χ2n) is 7.16. The third kappa shape index (κ3) is 3.62. The van der Waals surface area contributed by atoms with E-state index >= 15 is 0 Å². The summed E-state index contributed by atoms with van der Waals surface area (Å²) in [6.45, 7) is 2.20. The number of H-pyrrole nitrogens is 1. The van der Waals surface area contributed by atoms with Gasteiger partial charge in [-0.25, -0.2) is 9.97 Å². The Bertz CT molecular complexity index is 1170. The lowest BCUT2D eigenvalue weighted by atomic mass is 10.1. The molecule has 0 bridgehead atoms. The molecule has 2 N–H and O–H groups in total. The maximum absolute atomic E-state index is 12.3. The minimum atomic E-state index is 0.0175. The molecule has 0 spiro atoms. The van der Waals surface area contributed by atoms with Crippen molar-refractivity contribution in [2.45, 2.75) is 6.61 Å². The van der Waals surface area contributed by atoms with Gasteiger partial charge in [0.25, 0.3) is 0 Å². The third-order valence-electron chi connectivity index (χ3n) is 5.16. The predicted molar refractivity (Wildman–Crippen MR) is 115 cm³/mol. The first-order valence-corrected chi connectivity index (χ1v) is 9.90. The van der Waals surface area contributed by atoms with Crippen LogP contribution < -0.4 is 15.0 Å². The Hall–Kier alpha value is -3.71. The number of rotatable bonds is 5. The highest BCUT2D eigenvalue weighted by Gasteiger charge is 2.23. The Morgan fingerprint density at radius 1 is 1.03 bits per heavy atom. The van der Waals surface area contributed by atoms with Gasteiger partial charge in [0, 0.05) is 18.8 Å². The van der Waals surface area contributed by atoms with Crippen molar-refractivity contribution in [1.29, 1.82) is 0 Å². The van der Waals surface area contributed by atoms with E-state index in [1.54, 1.807) is 4.90 Å². The molecule has 1 aliphatic rings. The van der Waals surface area contributed by atoms with Gasteiger partial charge in [-0.05, 0) is 41.5 Å². The molecule has 1 amide bonds. The Balaban J connectivity index is 1.38. The molecule has 0 unspecified atom stereocenters. The zero-order chi connectivity index (χ0) is 20.3. The fraction of sp³-hybridized carbons (Fsp3) is 0.174. The molecule has 2 aromatic carbocycles. The quantitative estimate of drug-likeness (QED) is 0.539. The number of amides is 1. The molecule has 1 saturated heterocycles. The molecule has 0 atom stereocenters. The summed E-state index contributed by atoms with van der Waals surface area (Å²) in [6.07, 6.45) is 1.49. The number of carbonyl (C=O) groups is 1. The monoisotopic (exact) mass is 399 g/mol. The molecule has 4 aromatic rings. The van der Waals surface area contributed by atoms with Crippen molar-refractivity contribution in [1.82, 2.24) is 20.3 Å². The average Bonchev–Trinajstić information content (AvgIpc) is 3.24. The number of aromatic nitrogens is 3. The van der Waals surface area contributed by atoms with Gasteiger partial charge in [-0.2, -0.15) is 0 Å². The zero-order valence-electron chi connectivity index (χ0n) is 16.3. The van der Waals surface area contributed by atoms with E-state index in [0.29, 0.717) is 31.2 Å². The lowest BCUT2D eigenvalue weighted by Crippen LogP contribution is -2.48. The lowest BCUT2D eigenvalue weighted by Gasteiger charge is -2.26. The molecule has 1 aliphatic heterocycles. The fourth-order valence-corrected chi connectivity index (χ4v) is 3.60. The molecule has 2 aromatic heterocycles. The van der Waals surface area contributed by atoms with E-state index < -0.39 is 0 Å². The van der Waals surface area contributed by atoms with Crippen LogP contribution in [0.15, 0.2) is 67.0 Å². The lowest BCUT2D eigenvalue weighted by molar-refractivity contribution is -0.118. The van der Waals surface area contributed by atoms with Gasteiger partial charge < -0.3 is 15.0 Å². The smallest absolute Gasteiger partial charge is 0.242 e. The van der Waals surface area contributed by atoms with Crippen molar-refractivity contribution in [3.8, 4) is 17.0 Å². The predicted octanol–water partition coefficient (Wildman–Crippen LogP) is 3.14. The van der Waals surface area contributed by atoms with E-state index in [9.17, 15) is 4.79 Å². The minimum Gasteiger partial charge on any atom is -0.489 e. The maximum Gasteiger partial charge on any atom is 0.242 e. The topological polar surface area (TPSA) is 83.1 Å². The van der Waals surface area contributed by atoms with Crippen molar-refractivity contribution in [2.24, 2.45) is 0 Å². The van der Waals surface area contributed by atoms with E-state index in [0.717, 1.165) is 34.5 Å². The first kappa shape index (κ1) is 18.3. The van der Waals surface area contributed by atoms with Crippen LogP contribution in [0.1, 0.15) is 5.56 Å². The van der Waals surface area contributed by atoms with Gasteiger partial charge in [-0.1, -0.05) is 30.3 Å². The van der Waals surface area contributed by atoms with Gasteiger partial charge in [-0.15, -0.1) is 0 Å². The maximum atomic E-state index is 12.3. The number of hydrogen-bond donors (Lipinski definition) is 2. The molecule has 1 fully saturated rings. The van der Waals surface area contributed by atoms with Crippen LogP contribution in [0.5, 0.6) is 5.75 Å². The second-order valence-corrected chi connectivity index (χ2v) is 7.16. The largest absolute Gasteiger partial charge is 0.489 e. The number of aromatic amines is 1. The van der Waals surface area contributed by atoms with Crippen molar-refractivity contribution in [3.05, 3.63) is 72.6 Å². The van der Waals surface area contributed by atoms with Gasteiger partial charge >= 0.3 is 0 Å². The summed E-state index contributed by atoms with van der Waals surface area (Å²) in [6, 6.07) is 20.0. The van der Waals surface area contributed by atoms with E-state index in [2.05, 4.69) is 20.3 Å². The van der Waals surface area contributed by atoms with E-state index in [-0.39, 0.29) is 5.91 Å². The van der Waals surface area contributed by atoms with E-state index in [4.69, 9.17) is 4.74 Å². The first-order valence-electron chi connectivity index (χ1n) is 9.90. The number of benzene rings is 2. The molecule has 0 aliphatic carbocycles. The second kappa shape index (κ2) is 7.96. The molecule has 3 heterocycles. The van der Waals surface area contributed by atoms with Crippen LogP contribution in [-0.4, -0.2) is 40.5 Å². The summed E-state index contributed by atoms with van der Waals surface area (Å²) >= 11 is 0. The van der Waals surface area contributed by atoms with Gasteiger partial charge in [0.05, 0.1) is 11.9 Å². The van der Waals surface area contributed by atoms with Gasteiger partial charge in [0.15, 0.2) is 0 Å². The highest BCUT2D eigenvalue weighted by Crippen LogP contribution is 2.30. The zero-order valence-corrected chi connectivity index (χ0v) is 16.3. The molecule has 5 rings (SSSR count). The van der Waals surface area contributed by atoms with Crippen LogP contribution >= 0.6 is 0 Å². The minimum absolute atomic E-state index is 0.0175.